The molecular formula is C7H12O2. The molecule has 0 saturated heterocycles. The maximum atomic E-state index is 10.3. The average Bonchev–Trinajstić information content (AvgIpc) is 2.42. The van der Waals surface area contributed by atoms with Gasteiger partial charge < -0.3 is 4.74 Å². The van der Waals surface area contributed by atoms with Crippen LogP contribution >= 0.6 is 0 Å². The molecular weight excluding hydrogens is 116 g/mol. The largest absolute Gasteiger partial charge is 0.466 e. The van der Waals surface area contributed by atoms with E-state index in [1.54, 1.807) is 0 Å². The maximum Gasteiger partial charge on any atom is 0.302 e. The minimum atomic E-state index is -0.158. The first kappa shape index (κ1) is 6.59. The standard InChI is InChI=1S/C7H12O2/c1-5-3-7(5)4-9-6(2)8/h5,7H,3-4H2,1-2H3. The average molecular weight is 128 g/mol. The molecule has 2 atom stereocenters. The lowest BCUT2D eigenvalue weighted by atomic mass is 10.4. The Morgan fingerprint density at radius 2 is 2.33 bits per heavy atom. The van der Waals surface area contributed by atoms with Crippen molar-refractivity contribution >= 4 is 5.97 Å². The molecule has 0 aliphatic heterocycles. The quantitative estimate of drug-likeness (QED) is 0.522. The van der Waals surface area contributed by atoms with Crippen LogP contribution in [-0.2, 0) is 9.53 Å². The zero-order valence-corrected chi connectivity index (χ0v) is 5.89. The zero-order valence-electron chi connectivity index (χ0n) is 5.89. The van der Waals surface area contributed by atoms with Crippen LogP contribution < -0.4 is 0 Å². The van der Waals surface area contributed by atoms with E-state index in [0.29, 0.717) is 12.5 Å². The Labute approximate surface area is 55.2 Å². The molecule has 9 heavy (non-hydrogen) atoms. The van der Waals surface area contributed by atoms with Crippen LogP contribution in [-0.4, -0.2) is 12.6 Å². The fourth-order valence-electron chi connectivity index (χ4n) is 0.856. The van der Waals surface area contributed by atoms with Crippen molar-refractivity contribution in [3.05, 3.63) is 0 Å². The Hall–Kier alpha value is -0.530. The van der Waals surface area contributed by atoms with Crippen molar-refractivity contribution in [2.24, 2.45) is 11.8 Å². The van der Waals surface area contributed by atoms with Gasteiger partial charge in [0.1, 0.15) is 0 Å². The van der Waals surface area contributed by atoms with Gasteiger partial charge in [0, 0.05) is 6.92 Å². The second kappa shape index (κ2) is 2.38. The van der Waals surface area contributed by atoms with Crippen LogP contribution in [0.1, 0.15) is 20.3 Å². The van der Waals surface area contributed by atoms with Crippen molar-refractivity contribution in [2.45, 2.75) is 20.3 Å². The van der Waals surface area contributed by atoms with E-state index in [4.69, 9.17) is 4.74 Å². The first-order chi connectivity index (χ1) is 4.20. The molecule has 2 nitrogen and oxygen atoms in total. The first-order valence-corrected chi connectivity index (χ1v) is 3.33. The van der Waals surface area contributed by atoms with Crippen molar-refractivity contribution in [3.63, 3.8) is 0 Å². The van der Waals surface area contributed by atoms with Gasteiger partial charge in [0.2, 0.25) is 0 Å². The summed E-state index contributed by atoms with van der Waals surface area (Å²) in [4.78, 5) is 10.3. The third kappa shape index (κ3) is 2.04. The summed E-state index contributed by atoms with van der Waals surface area (Å²) in [6.07, 6.45) is 1.23. The number of rotatable bonds is 2. The number of hydrogen-bond acceptors (Lipinski definition) is 2. The highest BCUT2D eigenvalue weighted by Crippen LogP contribution is 2.37. The summed E-state index contributed by atoms with van der Waals surface area (Å²) in [6, 6.07) is 0. The second-order valence-corrected chi connectivity index (χ2v) is 2.78. The fourth-order valence-corrected chi connectivity index (χ4v) is 0.856. The van der Waals surface area contributed by atoms with E-state index in [1.165, 1.54) is 13.3 Å². The van der Waals surface area contributed by atoms with Crippen LogP contribution in [0.5, 0.6) is 0 Å². The summed E-state index contributed by atoms with van der Waals surface area (Å²) < 4.78 is 4.80. The molecule has 0 N–H and O–H groups in total. The van der Waals surface area contributed by atoms with E-state index in [1.807, 2.05) is 0 Å². The van der Waals surface area contributed by atoms with Gasteiger partial charge in [0.25, 0.3) is 0 Å². The highest BCUT2D eigenvalue weighted by molar-refractivity contribution is 5.65. The van der Waals surface area contributed by atoms with Crippen molar-refractivity contribution in [1.82, 2.24) is 0 Å². The SMILES string of the molecule is CC(=O)OCC1CC1C. The predicted octanol–water partition coefficient (Wildman–Crippen LogP) is 1.21. The lowest BCUT2D eigenvalue weighted by molar-refractivity contribution is -0.141. The number of ether oxygens (including phenoxy) is 1. The predicted molar refractivity (Wildman–Crippen MR) is 33.9 cm³/mol. The number of carbonyl (C=O) groups is 1. The van der Waals surface area contributed by atoms with Gasteiger partial charge in [0.05, 0.1) is 6.61 Å². The van der Waals surface area contributed by atoms with E-state index < -0.39 is 0 Å². The van der Waals surface area contributed by atoms with Gasteiger partial charge in [-0.15, -0.1) is 0 Å². The van der Waals surface area contributed by atoms with Crippen molar-refractivity contribution < 1.29 is 9.53 Å². The van der Waals surface area contributed by atoms with Crippen molar-refractivity contribution in [2.75, 3.05) is 6.61 Å². The van der Waals surface area contributed by atoms with Crippen LogP contribution in [0.25, 0.3) is 0 Å². The summed E-state index contributed by atoms with van der Waals surface area (Å²) in [6.45, 7) is 4.26. The highest BCUT2D eigenvalue weighted by Gasteiger charge is 2.33. The molecule has 2 heteroatoms. The zero-order chi connectivity index (χ0) is 6.85. The first-order valence-electron chi connectivity index (χ1n) is 3.33. The topological polar surface area (TPSA) is 26.3 Å². The van der Waals surface area contributed by atoms with Gasteiger partial charge in [-0.25, -0.2) is 0 Å². The van der Waals surface area contributed by atoms with Gasteiger partial charge in [-0.1, -0.05) is 6.92 Å². The summed E-state index contributed by atoms with van der Waals surface area (Å²) in [5.74, 6) is 1.28. The molecule has 0 spiro atoms. The summed E-state index contributed by atoms with van der Waals surface area (Å²) >= 11 is 0. The minimum Gasteiger partial charge on any atom is -0.466 e. The van der Waals surface area contributed by atoms with Gasteiger partial charge in [-0.2, -0.15) is 0 Å². The second-order valence-electron chi connectivity index (χ2n) is 2.78. The Kier molecular flexibility index (Phi) is 1.74. The molecule has 1 rings (SSSR count). The molecule has 0 aromatic heterocycles. The van der Waals surface area contributed by atoms with Crippen LogP contribution in [0.15, 0.2) is 0 Å². The smallest absolute Gasteiger partial charge is 0.302 e. The molecule has 0 bridgehead atoms. The van der Waals surface area contributed by atoms with E-state index in [9.17, 15) is 4.79 Å². The van der Waals surface area contributed by atoms with Gasteiger partial charge in [0.15, 0.2) is 0 Å². The molecule has 1 fully saturated rings. The molecule has 0 amide bonds. The molecule has 52 valence electrons. The van der Waals surface area contributed by atoms with Crippen molar-refractivity contribution in [1.29, 1.82) is 0 Å². The molecule has 0 radical (unpaired) electrons. The summed E-state index contributed by atoms with van der Waals surface area (Å²) in [7, 11) is 0. The number of carbonyl (C=O) groups excluding carboxylic acids is 1. The van der Waals surface area contributed by atoms with Crippen LogP contribution in [0, 0.1) is 11.8 Å². The normalized spacial score (nSPS) is 31.8. The number of hydrogen-bond donors (Lipinski definition) is 0. The number of esters is 1. The maximum absolute atomic E-state index is 10.3. The van der Waals surface area contributed by atoms with Crippen LogP contribution in [0.3, 0.4) is 0 Å². The lowest BCUT2D eigenvalue weighted by Crippen LogP contribution is -2.02. The molecule has 2 unspecified atom stereocenters. The van der Waals surface area contributed by atoms with E-state index in [2.05, 4.69) is 6.92 Å². The molecule has 1 aliphatic rings. The Bertz CT molecular complexity index is 120. The summed E-state index contributed by atoms with van der Waals surface area (Å²) in [5.41, 5.74) is 0. The van der Waals surface area contributed by atoms with Crippen molar-refractivity contribution in [3.8, 4) is 0 Å². The third-order valence-corrected chi connectivity index (χ3v) is 1.78. The van der Waals surface area contributed by atoms with E-state index in [-0.39, 0.29) is 5.97 Å². The van der Waals surface area contributed by atoms with E-state index >= 15 is 0 Å². The molecule has 1 saturated carbocycles. The monoisotopic (exact) mass is 128 g/mol. The van der Waals surface area contributed by atoms with Crippen LogP contribution in [0.4, 0.5) is 0 Å². The highest BCUT2D eigenvalue weighted by atomic mass is 16.5. The minimum absolute atomic E-state index is 0.158. The summed E-state index contributed by atoms with van der Waals surface area (Å²) in [5, 5.41) is 0. The van der Waals surface area contributed by atoms with Gasteiger partial charge in [-0.05, 0) is 18.3 Å². The lowest BCUT2D eigenvalue weighted by Gasteiger charge is -1.97. The van der Waals surface area contributed by atoms with E-state index in [0.717, 1.165) is 5.92 Å². The Morgan fingerprint density at radius 1 is 1.78 bits per heavy atom. The Balaban J connectivity index is 2.00. The Morgan fingerprint density at radius 3 is 2.67 bits per heavy atom. The van der Waals surface area contributed by atoms with Gasteiger partial charge >= 0.3 is 5.97 Å². The van der Waals surface area contributed by atoms with Crippen LogP contribution in [0.2, 0.25) is 0 Å². The molecule has 1 aliphatic carbocycles. The molecule has 0 aromatic carbocycles. The molecule has 0 heterocycles. The molecule has 0 aromatic rings. The van der Waals surface area contributed by atoms with Gasteiger partial charge in [-0.3, -0.25) is 4.79 Å². The fraction of sp³-hybridized carbons (Fsp3) is 0.857. The third-order valence-electron chi connectivity index (χ3n) is 1.78.